The van der Waals surface area contributed by atoms with Crippen LogP contribution in [0.4, 0.5) is 0 Å². The molecular formula is C32H36I2N2O4. The van der Waals surface area contributed by atoms with Crippen LogP contribution in [0.25, 0.3) is 0 Å². The number of hydrogen-bond acceptors (Lipinski definition) is 5. The molecule has 40 heavy (non-hydrogen) atoms. The smallest absolute Gasteiger partial charge is 0.169 e. The van der Waals surface area contributed by atoms with Crippen molar-refractivity contribution in [3.05, 3.63) is 120 Å². The number of halogens is 2. The van der Waals surface area contributed by atoms with Gasteiger partial charge in [-0.3, -0.25) is 14.6 Å². The lowest BCUT2D eigenvalue weighted by atomic mass is 10.2. The summed E-state index contributed by atoms with van der Waals surface area (Å²) in [6, 6.07) is 22.3. The monoisotopic (exact) mass is 766 g/mol. The maximum absolute atomic E-state index is 10.9. The summed E-state index contributed by atoms with van der Waals surface area (Å²) in [6.07, 6.45) is 11.6. The Morgan fingerprint density at radius 3 is 1.60 bits per heavy atom. The summed E-state index contributed by atoms with van der Waals surface area (Å²) < 4.78 is 14.7. The maximum Gasteiger partial charge on any atom is 0.169 e. The van der Waals surface area contributed by atoms with Crippen molar-refractivity contribution in [2.75, 3.05) is 4.43 Å². The number of aldehydes is 2. The Hall–Kier alpha value is -2.86. The second-order valence-corrected chi connectivity index (χ2v) is 9.46. The third-order valence-electron chi connectivity index (χ3n) is 5.26. The first-order valence-corrected chi connectivity index (χ1v) is 14.4. The highest BCUT2D eigenvalue weighted by Gasteiger charge is 2.04. The standard InChI is InChI=1S/C16H18NO2.C13H11NO2.C3H7I.HI/c1-2-9-17-10-7-14(8-11-17)13-19-16-6-4-3-5-15(16)12-18;15-9-12-3-1-2-4-13(12)16-10-11-5-7-14-8-6-11;1-2-3-4;/h3-8,10-12H,2,9,13H2,1H3;1-9H,10H2;2-3H2,1H3;1H/q+1;;;/p-1. The van der Waals surface area contributed by atoms with Gasteiger partial charge in [0.05, 0.1) is 11.1 Å². The van der Waals surface area contributed by atoms with Gasteiger partial charge in [0.25, 0.3) is 0 Å². The molecule has 0 saturated heterocycles. The molecule has 0 unspecified atom stereocenters. The molecule has 0 aliphatic carbocycles. The van der Waals surface area contributed by atoms with E-state index in [4.69, 9.17) is 9.47 Å². The van der Waals surface area contributed by atoms with Crippen molar-refractivity contribution in [1.29, 1.82) is 0 Å². The van der Waals surface area contributed by atoms with Gasteiger partial charge in [-0.25, -0.2) is 4.57 Å². The molecule has 212 valence electrons. The largest absolute Gasteiger partial charge is 1.00 e. The first-order chi connectivity index (χ1) is 19.1. The molecule has 0 aliphatic rings. The molecule has 0 amide bonds. The van der Waals surface area contributed by atoms with E-state index in [1.165, 1.54) is 10.8 Å². The Kier molecular flexibility index (Phi) is 19.3. The molecular weight excluding hydrogens is 730 g/mol. The van der Waals surface area contributed by atoms with Gasteiger partial charge in [-0.2, -0.15) is 0 Å². The predicted molar refractivity (Wildman–Crippen MR) is 163 cm³/mol. The fourth-order valence-corrected chi connectivity index (χ4v) is 3.21. The van der Waals surface area contributed by atoms with E-state index in [2.05, 4.69) is 46.0 Å². The Labute approximate surface area is 268 Å². The lowest BCUT2D eigenvalue weighted by Gasteiger charge is -2.07. The van der Waals surface area contributed by atoms with Gasteiger partial charge >= 0.3 is 0 Å². The molecule has 6 nitrogen and oxygen atoms in total. The zero-order chi connectivity index (χ0) is 28.1. The molecule has 0 atom stereocenters. The number of para-hydroxylation sites is 2. The van der Waals surface area contributed by atoms with Crippen LogP contribution in [0.3, 0.4) is 0 Å². The van der Waals surface area contributed by atoms with E-state index in [9.17, 15) is 9.59 Å². The number of rotatable bonds is 11. The van der Waals surface area contributed by atoms with Gasteiger partial charge in [-0.1, -0.05) is 60.7 Å². The lowest BCUT2D eigenvalue weighted by Crippen LogP contribution is -3.00. The molecule has 0 aliphatic heterocycles. The first-order valence-electron chi connectivity index (χ1n) is 12.9. The van der Waals surface area contributed by atoms with Gasteiger partial charge in [-0.05, 0) is 52.8 Å². The number of ether oxygens (including phenoxy) is 2. The van der Waals surface area contributed by atoms with E-state index >= 15 is 0 Å². The number of aryl methyl sites for hydroxylation is 1. The summed E-state index contributed by atoms with van der Waals surface area (Å²) in [5.41, 5.74) is 3.26. The van der Waals surface area contributed by atoms with Crippen molar-refractivity contribution in [1.82, 2.24) is 4.98 Å². The van der Waals surface area contributed by atoms with Gasteiger partial charge < -0.3 is 33.5 Å². The van der Waals surface area contributed by atoms with E-state index in [1.807, 2.05) is 67.0 Å². The van der Waals surface area contributed by atoms with Gasteiger partial charge in [0.2, 0.25) is 0 Å². The summed E-state index contributed by atoms with van der Waals surface area (Å²) in [6.45, 7) is 6.26. The van der Waals surface area contributed by atoms with E-state index in [0.29, 0.717) is 35.8 Å². The van der Waals surface area contributed by atoms with E-state index in [0.717, 1.165) is 36.7 Å². The van der Waals surface area contributed by atoms with Crippen LogP contribution < -0.4 is 38.0 Å². The molecule has 2 aromatic carbocycles. The predicted octanol–water partition coefficient (Wildman–Crippen LogP) is 4.08. The zero-order valence-corrected chi connectivity index (χ0v) is 27.2. The molecule has 4 aromatic rings. The highest BCUT2D eigenvalue weighted by atomic mass is 127. The van der Waals surface area contributed by atoms with Crippen LogP contribution in [-0.2, 0) is 19.8 Å². The van der Waals surface area contributed by atoms with Crippen LogP contribution >= 0.6 is 22.6 Å². The number of benzene rings is 2. The maximum atomic E-state index is 10.9. The SMILES string of the molecule is CCCI.CCC[n+]1ccc(COc2ccccc2C=O)cc1.O=Cc1ccccc1OCc1ccncc1.[I-]. The lowest BCUT2D eigenvalue weighted by molar-refractivity contribution is -0.697. The Balaban J connectivity index is 0.000000349. The van der Waals surface area contributed by atoms with E-state index < -0.39 is 0 Å². The molecule has 2 heterocycles. The Morgan fingerprint density at radius 2 is 1.18 bits per heavy atom. The van der Waals surface area contributed by atoms with Crippen molar-refractivity contribution < 1.29 is 47.6 Å². The fourth-order valence-electron chi connectivity index (χ4n) is 3.21. The number of nitrogens with zero attached hydrogens (tertiary/aromatic N) is 2. The van der Waals surface area contributed by atoms with Crippen LogP contribution in [0, 0.1) is 0 Å². The summed E-state index contributed by atoms with van der Waals surface area (Å²) in [4.78, 5) is 25.5. The fraction of sp³-hybridized carbons (Fsp3) is 0.250. The normalized spacial score (nSPS) is 9.47. The van der Waals surface area contributed by atoms with Crippen molar-refractivity contribution >= 4 is 35.2 Å². The van der Waals surface area contributed by atoms with Gasteiger partial charge in [0.15, 0.2) is 25.0 Å². The third kappa shape index (κ3) is 13.5. The number of carbonyl (C=O) groups excluding carboxylic acids is 2. The molecule has 4 rings (SSSR count). The minimum atomic E-state index is 0. The van der Waals surface area contributed by atoms with Gasteiger partial charge in [0.1, 0.15) is 31.3 Å². The van der Waals surface area contributed by atoms with Gasteiger partial charge in [0, 0.05) is 36.5 Å². The summed E-state index contributed by atoms with van der Waals surface area (Å²) >= 11 is 2.35. The zero-order valence-electron chi connectivity index (χ0n) is 22.9. The topological polar surface area (TPSA) is 69.4 Å². The summed E-state index contributed by atoms with van der Waals surface area (Å²) in [5, 5.41) is 0. The van der Waals surface area contributed by atoms with Crippen molar-refractivity contribution in [3.63, 3.8) is 0 Å². The molecule has 0 spiro atoms. The average molecular weight is 766 g/mol. The van der Waals surface area contributed by atoms with Crippen LogP contribution in [0.2, 0.25) is 0 Å². The van der Waals surface area contributed by atoms with Crippen molar-refractivity contribution in [2.45, 2.75) is 46.4 Å². The van der Waals surface area contributed by atoms with E-state index in [-0.39, 0.29) is 24.0 Å². The number of pyridine rings is 2. The molecule has 0 fully saturated rings. The average Bonchev–Trinajstić information content (AvgIpc) is 3.01. The summed E-state index contributed by atoms with van der Waals surface area (Å²) in [5.74, 6) is 1.23. The van der Waals surface area contributed by atoms with Crippen LogP contribution in [0.1, 0.15) is 58.5 Å². The Bertz CT molecular complexity index is 1240. The van der Waals surface area contributed by atoms with Crippen LogP contribution in [0.15, 0.2) is 97.6 Å². The number of carbonyl (C=O) groups is 2. The molecule has 0 saturated carbocycles. The number of aromatic nitrogens is 2. The van der Waals surface area contributed by atoms with E-state index in [1.54, 1.807) is 30.6 Å². The minimum absolute atomic E-state index is 0. The second kappa shape index (κ2) is 21.9. The van der Waals surface area contributed by atoms with Crippen molar-refractivity contribution in [2.24, 2.45) is 0 Å². The molecule has 8 heteroatoms. The highest BCUT2D eigenvalue weighted by Crippen LogP contribution is 2.18. The third-order valence-corrected chi connectivity index (χ3v) is 6.34. The van der Waals surface area contributed by atoms with Crippen LogP contribution in [-0.4, -0.2) is 22.0 Å². The Morgan fingerprint density at radius 1 is 0.725 bits per heavy atom. The quantitative estimate of drug-likeness (QED) is 0.0998. The van der Waals surface area contributed by atoms with Crippen molar-refractivity contribution in [3.8, 4) is 11.5 Å². The minimum Gasteiger partial charge on any atom is -1.00 e. The molecule has 0 bridgehead atoms. The first kappa shape index (κ1) is 35.2. The molecule has 0 radical (unpaired) electrons. The van der Waals surface area contributed by atoms with Gasteiger partial charge in [-0.15, -0.1) is 0 Å². The highest BCUT2D eigenvalue weighted by molar-refractivity contribution is 14.1. The second-order valence-electron chi connectivity index (χ2n) is 8.38. The molecule has 0 N–H and O–H groups in total. The molecule has 2 aromatic heterocycles. The van der Waals surface area contributed by atoms with Crippen LogP contribution in [0.5, 0.6) is 11.5 Å². The summed E-state index contributed by atoms with van der Waals surface area (Å²) in [7, 11) is 0. The number of hydrogen-bond donors (Lipinski definition) is 0. The number of alkyl halides is 1.